The SMILES string of the molecule is C.N#C/C(=C\c1cccc(Cl)c1F)c1ccc(Cl)cn1. The monoisotopic (exact) mass is 308 g/mol. The Bertz CT molecular complexity index is 673. The molecule has 20 heavy (non-hydrogen) atoms. The second-order valence-electron chi connectivity index (χ2n) is 3.67. The number of nitriles is 1. The number of benzene rings is 1. The van der Waals surface area contributed by atoms with Gasteiger partial charge >= 0.3 is 0 Å². The molecule has 1 aromatic carbocycles. The van der Waals surface area contributed by atoms with Crippen molar-refractivity contribution in [1.29, 1.82) is 5.26 Å². The lowest BCUT2D eigenvalue weighted by Gasteiger charge is -2.01. The molecule has 0 N–H and O–H groups in total. The van der Waals surface area contributed by atoms with Crippen LogP contribution in [0.1, 0.15) is 18.7 Å². The Morgan fingerprint density at radius 1 is 1.25 bits per heavy atom. The molecule has 5 heteroatoms. The van der Waals surface area contributed by atoms with Crippen LogP contribution in [0.3, 0.4) is 0 Å². The number of halogens is 3. The lowest BCUT2D eigenvalue weighted by Crippen LogP contribution is -1.89. The van der Waals surface area contributed by atoms with E-state index in [1.807, 2.05) is 6.07 Å². The highest BCUT2D eigenvalue weighted by atomic mass is 35.5. The quantitative estimate of drug-likeness (QED) is 0.712. The first-order valence-electron chi connectivity index (χ1n) is 5.29. The minimum atomic E-state index is -0.564. The molecule has 0 bridgehead atoms. The van der Waals surface area contributed by atoms with Crippen LogP contribution in [0.2, 0.25) is 10.0 Å². The van der Waals surface area contributed by atoms with E-state index in [4.69, 9.17) is 28.5 Å². The highest BCUT2D eigenvalue weighted by Gasteiger charge is 2.07. The first kappa shape index (κ1) is 16.2. The van der Waals surface area contributed by atoms with Crippen LogP contribution >= 0.6 is 23.2 Å². The van der Waals surface area contributed by atoms with Gasteiger partial charge in [0.05, 0.1) is 21.3 Å². The number of pyridine rings is 1. The summed E-state index contributed by atoms with van der Waals surface area (Å²) in [4.78, 5) is 4.02. The van der Waals surface area contributed by atoms with Crippen molar-refractivity contribution in [3.8, 4) is 6.07 Å². The van der Waals surface area contributed by atoms with Crippen LogP contribution in [0.15, 0.2) is 36.5 Å². The van der Waals surface area contributed by atoms with Gasteiger partial charge in [0, 0.05) is 11.8 Å². The Kier molecular flexibility index (Phi) is 5.69. The van der Waals surface area contributed by atoms with Crippen molar-refractivity contribution in [2.45, 2.75) is 7.43 Å². The fourth-order valence-electron chi connectivity index (χ4n) is 1.49. The van der Waals surface area contributed by atoms with Crippen molar-refractivity contribution in [2.75, 3.05) is 0 Å². The molecule has 0 saturated heterocycles. The maximum atomic E-state index is 13.8. The van der Waals surface area contributed by atoms with Crippen molar-refractivity contribution < 1.29 is 4.39 Å². The van der Waals surface area contributed by atoms with E-state index in [2.05, 4.69) is 4.98 Å². The topological polar surface area (TPSA) is 36.7 Å². The molecule has 0 unspecified atom stereocenters. The molecule has 2 aromatic rings. The van der Waals surface area contributed by atoms with E-state index in [1.165, 1.54) is 24.4 Å². The standard InChI is InChI=1S/C14H7Cl2FN2.CH4/c15-11-4-5-13(19-8-11)10(7-18)6-9-2-1-3-12(16)14(9)17;/h1-6,8H;1H4/b10-6+;. The lowest BCUT2D eigenvalue weighted by molar-refractivity contribution is 0.625. The van der Waals surface area contributed by atoms with Crippen LogP contribution in [0.4, 0.5) is 4.39 Å². The Labute approximate surface area is 127 Å². The summed E-state index contributed by atoms with van der Waals surface area (Å²) in [7, 11) is 0. The second-order valence-corrected chi connectivity index (χ2v) is 4.52. The van der Waals surface area contributed by atoms with Crippen LogP contribution in [0.5, 0.6) is 0 Å². The fraction of sp³-hybridized carbons (Fsp3) is 0.0667. The molecule has 0 fully saturated rings. The van der Waals surface area contributed by atoms with Crippen LogP contribution in [-0.2, 0) is 0 Å². The van der Waals surface area contributed by atoms with Crippen LogP contribution < -0.4 is 0 Å². The molecule has 1 aromatic heterocycles. The van der Waals surface area contributed by atoms with E-state index in [0.29, 0.717) is 10.7 Å². The van der Waals surface area contributed by atoms with E-state index in [-0.39, 0.29) is 23.6 Å². The first-order valence-corrected chi connectivity index (χ1v) is 6.05. The number of allylic oxidation sites excluding steroid dienone is 1. The highest BCUT2D eigenvalue weighted by Crippen LogP contribution is 2.23. The molecule has 0 aliphatic heterocycles. The zero-order valence-electron chi connectivity index (χ0n) is 9.57. The van der Waals surface area contributed by atoms with Crippen LogP contribution in [0.25, 0.3) is 11.6 Å². The minimum Gasteiger partial charge on any atom is -0.254 e. The molecule has 0 aliphatic carbocycles. The molecule has 0 saturated carbocycles. The maximum absolute atomic E-state index is 13.8. The number of rotatable bonds is 2. The third-order valence-electron chi connectivity index (χ3n) is 2.41. The number of nitrogens with zero attached hydrogens (tertiary/aromatic N) is 2. The molecular weight excluding hydrogens is 298 g/mol. The average molecular weight is 309 g/mol. The van der Waals surface area contributed by atoms with Crippen molar-refractivity contribution in [3.63, 3.8) is 0 Å². The summed E-state index contributed by atoms with van der Waals surface area (Å²) in [6.07, 6.45) is 2.83. The summed E-state index contributed by atoms with van der Waals surface area (Å²) in [6.45, 7) is 0. The molecule has 0 radical (unpaired) electrons. The van der Waals surface area contributed by atoms with E-state index >= 15 is 0 Å². The predicted octanol–water partition coefficient (Wildman–Crippen LogP) is 5.23. The summed E-state index contributed by atoms with van der Waals surface area (Å²) in [5.74, 6) is -0.564. The second kappa shape index (κ2) is 7.04. The smallest absolute Gasteiger partial charge is 0.149 e. The third kappa shape index (κ3) is 3.57. The Hall–Kier alpha value is -1.89. The van der Waals surface area contributed by atoms with Gasteiger partial charge in [-0.15, -0.1) is 0 Å². The van der Waals surface area contributed by atoms with E-state index in [9.17, 15) is 4.39 Å². The third-order valence-corrected chi connectivity index (χ3v) is 2.92. The van der Waals surface area contributed by atoms with Crippen LogP contribution in [-0.4, -0.2) is 4.98 Å². The number of hydrogen-bond acceptors (Lipinski definition) is 2. The van der Waals surface area contributed by atoms with Crippen molar-refractivity contribution in [2.24, 2.45) is 0 Å². The number of hydrogen-bond donors (Lipinski definition) is 0. The van der Waals surface area contributed by atoms with E-state index < -0.39 is 5.82 Å². The van der Waals surface area contributed by atoms with Crippen molar-refractivity contribution >= 4 is 34.9 Å². The summed E-state index contributed by atoms with van der Waals surface area (Å²) in [6, 6.07) is 9.78. The fourth-order valence-corrected chi connectivity index (χ4v) is 1.78. The summed E-state index contributed by atoms with van der Waals surface area (Å²) < 4.78 is 13.8. The maximum Gasteiger partial charge on any atom is 0.149 e. The van der Waals surface area contributed by atoms with Gasteiger partial charge in [-0.3, -0.25) is 4.98 Å². The van der Waals surface area contributed by atoms with E-state index in [1.54, 1.807) is 18.2 Å². The molecule has 0 spiro atoms. The average Bonchev–Trinajstić information content (AvgIpc) is 2.42. The molecule has 1 heterocycles. The Balaban J connectivity index is 0.00000200. The Morgan fingerprint density at radius 2 is 2.00 bits per heavy atom. The van der Waals surface area contributed by atoms with Gasteiger partial charge in [-0.2, -0.15) is 5.26 Å². The Morgan fingerprint density at radius 3 is 2.60 bits per heavy atom. The summed E-state index contributed by atoms with van der Waals surface area (Å²) >= 11 is 11.4. The van der Waals surface area contributed by atoms with Gasteiger partial charge in [0.15, 0.2) is 0 Å². The molecular formula is C15H11Cl2FN2. The van der Waals surface area contributed by atoms with Gasteiger partial charge in [0.1, 0.15) is 11.9 Å². The summed E-state index contributed by atoms with van der Waals surface area (Å²) in [5, 5.41) is 9.60. The van der Waals surface area contributed by atoms with E-state index in [0.717, 1.165) is 0 Å². The normalized spacial score (nSPS) is 10.6. The van der Waals surface area contributed by atoms with Gasteiger partial charge in [-0.1, -0.05) is 42.8 Å². The van der Waals surface area contributed by atoms with Crippen molar-refractivity contribution in [1.82, 2.24) is 4.98 Å². The van der Waals surface area contributed by atoms with Gasteiger partial charge in [-0.25, -0.2) is 4.39 Å². The lowest BCUT2D eigenvalue weighted by atomic mass is 10.1. The number of aromatic nitrogens is 1. The van der Waals surface area contributed by atoms with Crippen molar-refractivity contribution in [3.05, 3.63) is 63.6 Å². The zero-order valence-corrected chi connectivity index (χ0v) is 11.1. The first-order chi connectivity index (χ1) is 9.11. The molecule has 0 atom stereocenters. The summed E-state index contributed by atoms with van der Waals surface area (Å²) in [5.41, 5.74) is 0.893. The van der Waals surface area contributed by atoms with Gasteiger partial charge in [0.2, 0.25) is 0 Å². The predicted molar refractivity (Wildman–Crippen MR) is 80.9 cm³/mol. The van der Waals surface area contributed by atoms with Gasteiger partial charge in [-0.05, 0) is 24.3 Å². The molecule has 102 valence electrons. The minimum absolute atomic E-state index is 0. The molecule has 0 aliphatic rings. The highest BCUT2D eigenvalue weighted by molar-refractivity contribution is 6.31. The van der Waals surface area contributed by atoms with Crippen LogP contribution in [0, 0.1) is 17.1 Å². The largest absolute Gasteiger partial charge is 0.254 e. The molecule has 2 nitrogen and oxygen atoms in total. The molecule has 0 amide bonds. The van der Waals surface area contributed by atoms with Gasteiger partial charge < -0.3 is 0 Å². The molecule has 2 rings (SSSR count). The van der Waals surface area contributed by atoms with Gasteiger partial charge in [0.25, 0.3) is 0 Å². The zero-order chi connectivity index (χ0) is 13.8.